The van der Waals surface area contributed by atoms with E-state index in [9.17, 15) is 19.2 Å². The highest BCUT2D eigenvalue weighted by molar-refractivity contribution is 6.36. The van der Waals surface area contributed by atoms with E-state index >= 15 is 0 Å². The number of carbonyl (C=O) groups excluding carboxylic acids is 4. The second-order valence-electron chi connectivity index (χ2n) is 7.04. The monoisotopic (exact) mass is 493 g/mol. The Morgan fingerprint density at radius 3 is 2.27 bits per heavy atom. The van der Waals surface area contributed by atoms with E-state index in [1.807, 2.05) is 0 Å². The average molecular weight is 494 g/mol. The lowest BCUT2D eigenvalue weighted by Gasteiger charge is -2.27. The van der Waals surface area contributed by atoms with Crippen LogP contribution in [0.4, 0.5) is 5.69 Å². The van der Waals surface area contributed by atoms with Crippen LogP contribution < -0.4 is 19.8 Å². The van der Waals surface area contributed by atoms with Crippen molar-refractivity contribution in [1.82, 2.24) is 10.4 Å². The summed E-state index contributed by atoms with van der Waals surface area (Å²) in [5.41, 5.74) is 2.70. The molecule has 1 saturated heterocycles. The van der Waals surface area contributed by atoms with Gasteiger partial charge in [0.2, 0.25) is 11.8 Å². The first-order valence-corrected chi connectivity index (χ1v) is 10.6. The van der Waals surface area contributed by atoms with E-state index in [1.54, 1.807) is 13.0 Å². The van der Waals surface area contributed by atoms with Gasteiger partial charge in [0.15, 0.2) is 0 Å². The fourth-order valence-corrected chi connectivity index (χ4v) is 3.83. The third-order valence-electron chi connectivity index (χ3n) is 5.00. The standard InChI is InChI=1S/C22H21Cl2N3O6/c1-4-19(28)27(25-21(30)16-6-5-12(23)7-17(16)24)18-11-20(29)26(22(18)31)13-8-14(32-2)10-15(9-13)33-3/h5-10,18H,4,11H2,1-3H3,(H,25,30). The summed E-state index contributed by atoms with van der Waals surface area (Å²) in [6.07, 6.45) is -0.335. The van der Waals surface area contributed by atoms with Crippen LogP contribution in [0.25, 0.3) is 0 Å². The molecule has 2 aromatic carbocycles. The molecule has 0 aromatic heterocycles. The largest absolute Gasteiger partial charge is 0.497 e. The molecule has 2 aromatic rings. The van der Waals surface area contributed by atoms with Crippen molar-refractivity contribution < 1.29 is 28.7 Å². The van der Waals surface area contributed by atoms with Gasteiger partial charge < -0.3 is 9.47 Å². The Hall–Kier alpha value is -3.30. The molecule has 1 unspecified atom stereocenters. The number of anilines is 1. The van der Waals surface area contributed by atoms with Crippen LogP contribution in [-0.4, -0.2) is 48.9 Å². The molecule has 174 valence electrons. The van der Waals surface area contributed by atoms with Gasteiger partial charge in [-0.25, -0.2) is 9.91 Å². The Morgan fingerprint density at radius 1 is 1.09 bits per heavy atom. The van der Waals surface area contributed by atoms with Crippen molar-refractivity contribution in [3.8, 4) is 11.5 Å². The van der Waals surface area contributed by atoms with Crippen LogP contribution in [0.3, 0.4) is 0 Å². The summed E-state index contributed by atoms with van der Waals surface area (Å²) in [6, 6.07) is 7.59. The van der Waals surface area contributed by atoms with Crippen molar-refractivity contribution in [3.63, 3.8) is 0 Å². The molecule has 1 N–H and O–H groups in total. The molecule has 1 aliphatic rings. The van der Waals surface area contributed by atoms with Crippen molar-refractivity contribution >= 4 is 52.5 Å². The van der Waals surface area contributed by atoms with Gasteiger partial charge in [0.05, 0.1) is 36.9 Å². The number of hydrogen-bond donors (Lipinski definition) is 1. The zero-order chi connectivity index (χ0) is 24.3. The average Bonchev–Trinajstić information content (AvgIpc) is 3.09. The van der Waals surface area contributed by atoms with Crippen LogP contribution in [0.5, 0.6) is 11.5 Å². The van der Waals surface area contributed by atoms with Gasteiger partial charge in [-0.1, -0.05) is 30.1 Å². The van der Waals surface area contributed by atoms with E-state index in [1.165, 1.54) is 44.6 Å². The predicted molar refractivity (Wildman–Crippen MR) is 122 cm³/mol. The summed E-state index contributed by atoms with van der Waals surface area (Å²) >= 11 is 12.0. The van der Waals surface area contributed by atoms with E-state index in [0.717, 1.165) is 9.91 Å². The molecule has 3 rings (SSSR count). The molecular formula is C22H21Cl2N3O6. The first-order valence-electron chi connectivity index (χ1n) is 9.88. The number of halogens is 2. The van der Waals surface area contributed by atoms with Crippen molar-refractivity contribution in [2.75, 3.05) is 19.1 Å². The van der Waals surface area contributed by atoms with Crippen molar-refractivity contribution in [1.29, 1.82) is 0 Å². The van der Waals surface area contributed by atoms with Crippen LogP contribution in [0.2, 0.25) is 10.0 Å². The molecule has 0 radical (unpaired) electrons. The van der Waals surface area contributed by atoms with Crippen molar-refractivity contribution in [2.45, 2.75) is 25.8 Å². The molecule has 1 heterocycles. The SMILES string of the molecule is CCC(=O)N(NC(=O)c1ccc(Cl)cc1Cl)C1CC(=O)N(c2cc(OC)cc(OC)c2)C1=O. The lowest BCUT2D eigenvalue weighted by Crippen LogP contribution is -2.54. The number of nitrogens with one attached hydrogen (secondary N) is 1. The van der Waals surface area contributed by atoms with Crippen molar-refractivity contribution in [3.05, 3.63) is 52.0 Å². The third kappa shape index (κ3) is 5.04. The Balaban J connectivity index is 1.92. The van der Waals surface area contributed by atoms with Crippen LogP contribution in [0, 0.1) is 0 Å². The zero-order valence-corrected chi connectivity index (χ0v) is 19.6. The number of hydrazine groups is 1. The highest BCUT2D eigenvalue weighted by atomic mass is 35.5. The maximum absolute atomic E-state index is 13.2. The van der Waals surface area contributed by atoms with Crippen LogP contribution in [0.15, 0.2) is 36.4 Å². The maximum Gasteiger partial charge on any atom is 0.271 e. The number of nitrogens with zero attached hydrogens (tertiary/aromatic N) is 2. The van der Waals surface area contributed by atoms with E-state index in [0.29, 0.717) is 16.5 Å². The van der Waals surface area contributed by atoms with E-state index in [-0.39, 0.29) is 29.1 Å². The summed E-state index contributed by atoms with van der Waals surface area (Å²) in [5.74, 6) is -1.75. The molecule has 33 heavy (non-hydrogen) atoms. The highest BCUT2D eigenvalue weighted by Crippen LogP contribution is 2.32. The number of hydrogen-bond acceptors (Lipinski definition) is 6. The molecule has 4 amide bonds. The minimum atomic E-state index is -1.24. The van der Waals surface area contributed by atoms with E-state index < -0.39 is 29.7 Å². The van der Waals surface area contributed by atoms with E-state index in [2.05, 4.69) is 5.43 Å². The molecule has 11 heteroatoms. The molecular weight excluding hydrogens is 473 g/mol. The number of carbonyl (C=O) groups is 4. The number of benzene rings is 2. The van der Waals surface area contributed by atoms with Gasteiger partial charge in [0.25, 0.3) is 11.8 Å². The van der Waals surface area contributed by atoms with Gasteiger partial charge >= 0.3 is 0 Å². The smallest absolute Gasteiger partial charge is 0.271 e. The quantitative estimate of drug-likeness (QED) is 0.489. The zero-order valence-electron chi connectivity index (χ0n) is 18.1. The second-order valence-corrected chi connectivity index (χ2v) is 7.88. The molecule has 1 atom stereocenters. The third-order valence-corrected chi connectivity index (χ3v) is 5.55. The number of ether oxygens (including phenoxy) is 2. The number of rotatable bonds is 6. The molecule has 9 nitrogen and oxygen atoms in total. The van der Waals surface area contributed by atoms with Gasteiger partial charge in [-0.3, -0.25) is 24.6 Å². The Morgan fingerprint density at radius 2 is 1.73 bits per heavy atom. The number of imide groups is 1. The maximum atomic E-state index is 13.2. The molecule has 0 bridgehead atoms. The number of methoxy groups -OCH3 is 2. The number of amides is 4. The molecule has 1 fully saturated rings. The fourth-order valence-electron chi connectivity index (χ4n) is 3.34. The summed E-state index contributed by atoms with van der Waals surface area (Å²) in [4.78, 5) is 52.4. The Labute approximate surface area is 200 Å². The minimum absolute atomic E-state index is 0.0143. The molecule has 1 aliphatic heterocycles. The Bertz CT molecular complexity index is 1100. The summed E-state index contributed by atoms with van der Waals surface area (Å²) < 4.78 is 10.4. The normalized spacial score (nSPS) is 15.4. The minimum Gasteiger partial charge on any atom is -0.497 e. The first kappa shape index (κ1) is 24.3. The first-order chi connectivity index (χ1) is 15.7. The van der Waals surface area contributed by atoms with Gasteiger partial charge in [-0.15, -0.1) is 0 Å². The Kier molecular flexibility index (Phi) is 7.45. The topological polar surface area (TPSA) is 105 Å². The van der Waals surface area contributed by atoms with Gasteiger partial charge in [0.1, 0.15) is 17.5 Å². The molecule has 0 saturated carbocycles. The predicted octanol–water partition coefficient (Wildman–Crippen LogP) is 3.23. The summed E-state index contributed by atoms with van der Waals surface area (Å²) in [5, 5.41) is 1.28. The second kappa shape index (κ2) is 10.1. The fraction of sp³-hybridized carbons (Fsp3) is 0.273. The van der Waals surface area contributed by atoms with E-state index in [4.69, 9.17) is 32.7 Å². The highest BCUT2D eigenvalue weighted by Gasteiger charge is 2.45. The lowest BCUT2D eigenvalue weighted by molar-refractivity contribution is -0.140. The van der Waals surface area contributed by atoms with Gasteiger partial charge in [-0.2, -0.15) is 0 Å². The van der Waals surface area contributed by atoms with Crippen LogP contribution >= 0.6 is 23.2 Å². The van der Waals surface area contributed by atoms with Crippen LogP contribution in [-0.2, 0) is 14.4 Å². The lowest BCUT2D eigenvalue weighted by atomic mass is 10.2. The van der Waals surface area contributed by atoms with Crippen LogP contribution in [0.1, 0.15) is 30.1 Å². The summed E-state index contributed by atoms with van der Waals surface area (Å²) in [6.45, 7) is 1.57. The molecule has 0 spiro atoms. The van der Waals surface area contributed by atoms with Crippen molar-refractivity contribution in [2.24, 2.45) is 0 Å². The summed E-state index contributed by atoms with van der Waals surface area (Å²) in [7, 11) is 2.88. The van der Waals surface area contributed by atoms with Gasteiger partial charge in [0, 0.05) is 29.6 Å². The molecule has 0 aliphatic carbocycles. The van der Waals surface area contributed by atoms with Gasteiger partial charge in [-0.05, 0) is 18.2 Å².